The molecule has 3 amide bonds. The van der Waals surface area contributed by atoms with E-state index in [4.69, 9.17) is 16.3 Å². The van der Waals surface area contributed by atoms with Crippen molar-refractivity contribution in [2.75, 3.05) is 22.1 Å². The molecule has 2 aromatic carbocycles. The standard InChI is InChI=1S/C23H20ClN3O4/c1-13(28)25-15-5-7-17(8-6-15)27-12-23-10-9-18(31-23)19(20(23)22(27)30)21(29)26-16-4-2-3-14(24)11-16/h2-11,18-20H,12H2,1H3,(H,25,28)(H,26,29)/t18?,19?,20?,23-/m1/s1. The number of ether oxygens (including phenoxy) is 1. The Balaban J connectivity index is 1.39. The quantitative estimate of drug-likeness (QED) is 0.719. The van der Waals surface area contributed by atoms with E-state index < -0.39 is 23.5 Å². The minimum atomic E-state index is -0.811. The number of benzene rings is 2. The van der Waals surface area contributed by atoms with Crippen molar-refractivity contribution in [1.29, 1.82) is 0 Å². The molecule has 2 bridgehead atoms. The Morgan fingerprint density at radius 3 is 2.61 bits per heavy atom. The first-order valence-corrected chi connectivity index (χ1v) is 10.4. The number of carbonyl (C=O) groups excluding carboxylic acids is 3. The number of nitrogens with one attached hydrogen (secondary N) is 2. The van der Waals surface area contributed by atoms with Crippen LogP contribution in [-0.2, 0) is 19.1 Å². The summed E-state index contributed by atoms with van der Waals surface area (Å²) in [5, 5.41) is 6.10. The average molecular weight is 438 g/mol. The van der Waals surface area contributed by atoms with Crippen LogP contribution in [0.2, 0.25) is 5.02 Å². The number of halogens is 1. The van der Waals surface area contributed by atoms with E-state index in [2.05, 4.69) is 10.6 Å². The Bertz CT molecular complexity index is 1120. The lowest BCUT2D eigenvalue weighted by molar-refractivity contribution is -0.128. The molecular formula is C23H20ClN3O4. The minimum absolute atomic E-state index is 0.148. The first kappa shape index (κ1) is 19.8. The maximum absolute atomic E-state index is 13.4. The monoisotopic (exact) mass is 437 g/mol. The molecule has 2 saturated heterocycles. The largest absolute Gasteiger partial charge is 0.360 e. The fraction of sp³-hybridized carbons (Fsp3) is 0.261. The lowest BCUT2D eigenvalue weighted by Gasteiger charge is -2.23. The highest BCUT2D eigenvalue weighted by Gasteiger charge is 2.67. The zero-order chi connectivity index (χ0) is 21.8. The molecule has 7 nitrogen and oxygen atoms in total. The van der Waals surface area contributed by atoms with E-state index in [-0.39, 0.29) is 17.7 Å². The smallest absolute Gasteiger partial charge is 0.234 e. The molecule has 3 aliphatic rings. The summed E-state index contributed by atoms with van der Waals surface area (Å²) in [6, 6.07) is 13.9. The highest BCUT2D eigenvalue weighted by molar-refractivity contribution is 6.30. The maximum atomic E-state index is 13.4. The molecule has 2 aromatic rings. The van der Waals surface area contributed by atoms with Crippen molar-refractivity contribution >= 4 is 46.4 Å². The number of anilines is 3. The molecule has 0 aliphatic carbocycles. The average Bonchev–Trinajstić information content (AvgIpc) is 3.36. The molecule has 2 fully saturated rings. The van der Waals surface area contributed by atoms with Gasteiger partial charge in [0.25, 0.3) is 0 Å². The highest BCUT2D eigenvalue weighted by Crippen LogP contribution is 2.52. The number of nitrogens with zero attached hydrogens (tertiary/aromatic N) is 1. The van der Waals surface area contributed by atoms with Crippen LogP contribution in [0.1, 0.15) is 6.92 Å². The van der Waals surface area contributed by atoms with E-state index in [0.717, 1.165) is 0 Å². The zero-order valence-corrected chi connectivity index (χ0v) is 17.4. The molecule has 0 radical (unpaired) electrons. The van der Waals surface area contributed by atoms with Gasteiger partial charge in [-0.2, -0.15) is 0 Å². The Morgan fingerprint density at radius 2 is 1.90 bits per heavy atom. The summed E-state index contributed by atoms with van der Waals surface area (Å²) in [5.74, 6) is -1.80. The van der Waals surface area contributed by atoms with Crippen molar-refractivity contribution in [3.63, 3.8) is 0 Å². The van der Waals surface area contributed by atoms with Crippen LogP contribution in [0.3, 0.4) is 0 Å². The van der Waals surface area contributed by atoms with Crippen molar-refractivity contribution in [1.82, 2.24) is 0 Å². The number of hydrogen-bond acceptors (Lipinski definition) is 4. The third-order valence-electron chi connectivity index (χ3n) is 5.99. The van der Waals surface area contributed by atoms with Crippen molar-refractivity contribution < 1.29 is 19.1 Å². The SMILES string of the molecule is CC(=O)Nc1ccc(N2C[C@@]34C=CC(O3)C(C(=O)Nc3cccc(Cl)c3)C4C2=O)cc1. The van der Waals surface area contributed by atoms with E-state index in [9.17, 15) is 14.4 Å². The normalized spacial score (nSPS) is 28.0. The number of rotatable bonds is 4. The van der Waals surface area contributed by atoms with Crippen molar-refractivity contribution in [3.8, 4) is 0 Å². The number of carbonyl (C=O) groups is 3. The van der Waals surface area contributed by atoms with Crippen LogP contribution in [0.15, 0.2) is 60.7 Å². The number of hydrogen-bond donors (Lipinski definition) is 2. The van der Waals surface area contributed by atoms with Crippen molar-refractivity contribution in [2.24, 2.45) is 11.8 Å². The van der Waals surface area contributed by atoms with Gasteiger partial charge in [0.2, 0.25) is 17.7 Å². The molecular weight excluding hydrogens is 418 g/mol. The molecule has 31 heavy (non-hydrogen) atoms. The first-order chi connectivity index (χ1) is 14.9. The maximum Gasteiger partial charge on any atom is 0.234 e. The van der Waals surface area contributed by atoms with Gasteiger partial charge in [-0.1, -0.05) is 29.8 Å². The summed E-state index contributed by atoms with van der Waals surface area (Å²) in [6.07, 6.45) is 3.35. The predicted molar refractivity (Wildman–Crippen MR) is 117 cm³/mol. The second-order valence-electron chi connectivity index (χ2n) is 8.05. The fourth-order valence-corrected chi connectivity index (χ4v) is 4.93. The second-order valence-corrected chi connectivity index (χ2v) is 8.49. The van der Waals surface area contributed by atoms with Gasteiger partial charge < -0.3 is 20.3 Å². The zero-order valence-electron chi connectivity index (χ0n) is 16.7. The lowest BCUT2D eigenvalue weighted by atomic mass is 9.77. The Labute approximate surface area is 184 Å². The topological polar surface area (TPSA) is 87.7 Å². The van der Waals surface area contributed by atoms with Crippen molar-refractivity contribution in [2.45, 2.75) is 18.6 Å². The summed E-state index contributed by atoms with van der Waals surface area (Å²) < 4.78 is 6.16. The first-order valence-electron chi connectivity index (χ1n) is 9.99. The molecule has 8 heteroatoms. The van der Waals surface area contributed by atoms with E-state index >= 15 is 0 Å². The Kier molecular flexibility index (Phi) is 4.60. The summed E-state index contributed by atoms with van der Waals surface area (Å²) >= 11 is 6.02. The van der Waals surface area contributed by atoms with Crippen LogP contribution >= 0.6 is 11.6 Å². The van der Waals surface area contributed by atoms with E-state index in [1.807, 2.05) is 12.2 Å². The van der Waals surface area contributed by atoms with Gasteiger partial charge in [0.1, 0.15) is 5.60 Å². The number of fused-ring (bicyclic) bond motifs is 1. The van der Waals surface area contributed by atoms with Crippen LogP contribution < -0.4 is 15.5 Å². The summed E-state index contributed by atoms with van der Waals surface area (Å²) in [5.41, 5.74) is 1.11. The molecule has 2 N–H and O–H groups in total. The molecule has 0 aromatic heterocycles. The van der Waals surface area contributed by atoms with Crippen molar-refractivity contribution in [3.05, 3.63) is 65.7 Å². The predicted octanol–water partition coefficient (Wildman–Crippen LogP) is 3.22. The molecule has 3 heterocycles. The van der Waals surface area contributed by atoms with Gasteiger partial charge >= 0.3 is 0 Å². The van der Waals surface area contributed by atoms with Crippen LogP contribution in [0.25, 0.3) is 0 Å². The molecule has 4 atom stereocenters. The molecule has 3 aliphatic heterocycles. The van der Waals surface area contributed by atoms with Crippen LogP contribution in [0.4, 0.5) is 17.1 Å². The summed E-state index contributed by atoms with van der Waals surface area (Å²) in [6.45, 7) is 1.77. The summed E-state index contributed by atoms with van der Waals surface area (Å²) in [4.78, 5) is 39.4. The van der Waals surface area contributed by atoms with E-state index in [0.29, 0.717) is 28.6 Å². The van der Waals surface area contributed by atoms with Gasteiger partial charge in [-0.25, -0.2) is 0 Å². The Hall–Kier alpha value is -3.16. The third kappa shape index (κ3) is 3.30. The number of amides is 3. The van der Waals surface area contributed by atoms with Gasteiger partial charge in [0, 0.05) is 29.0 Å². The van der Waals surface area contributed by atoms with Gasteiger partial charge in [0.15, 0.2) is 0 Å². The Morgan fingerprint density at radius 1 is 1.13 bits per heavy atom. The summed E-state index contributed by atoms with van der Waals surface area (Å²) in [7, 11) is 0. The molecule has 5 rings (SSSR count). The van der Waals surface area contributed by atoms with Gasteiger partial charge in [0.05, 0.1) is 24.5 Å². The van der Waals surface area contributed by atoms with E-state index in [1.165, 1.54) is 6.92 Å². The highest BCUT2D eigenvalue weighted by atomic mass is 35.5. The molecule has 0 saturated carbocycles. The minimum Gasteiger partial charge on any atom is -0.360 e. The van der Waals surface area contributed by atoms with Gasteiger partial charge in [-0.05, 0) is 42.5 Å². The van der Waals surface area contributed by atoms with Gasteiger partial charge in [-0.15, -0.1) is 0 Å². The van der Waals surface area contributed by atoms with Crippen LogP contribution in [0.5, 0.6) is 0 Å². The van der Waals surface area contributed by atoms with E-state index in [1.54, 1.807) is 53.4 Å². The fourth-order valence-electron chi connectivity index (χ4n) is 4.74. The third-order valence-corrected chi connectivity index (χ3v) is 6.23. The van der Waals surface area contributed by atoms with Gasteiger partial charge in [-0.3, -0.25) is 14.4 Å². The van der Waals surface area contributed by atoms with Crippen LogP contribution in [0, 0.1) is 11.8 Å². The molecule has 3 unspecified atom stereocenters. The second kappa shape index (κ2) is 7.21. The molecule has 158 valence electrons. The van der Waals surface area contributed by atoms with Crippen LogP contribution in [-0.4, -0.2) is 36.0 Å². The molecule has 1 spiro atoms. The lowest BCUT2D eigenvalue weighted by Crippen LogP contribution is -2.41.